The van der Waals surface area contributed by atoms with Gasteiger partial charge in [0.1, 0.15) is 0 Å². The van der Waals surface area contributed by atoms with E-state index in [0.717, 1.165) is 37.2 Å². The van der Waals surface area contributed by atoms with Gasteiger partial charge in [0.15, 0.2) is 0 Å². The van der Waals surface area contributed by atoms with Gasteiger partial charge in [-0.3, -0.25) is 0 Å². The number of likely N-dealkylation sites (tertiary alicyclic amines) is 1. The molecule has 2 rings (SSSR count). The highest BCUT2D eigenvalue weighted by atomic mass is 16.2. The predicted molar refractivity (Wildman–Crippen MR) is 73.7 cm³/mol. The first-order valence-electron chi connectivity index (χ1n) is 6.54. The fourth-order valence-electron chi connectivity index (χ4n) is 2.26. The molecule has 2 amide bonds. The summed E-state index contributed by atoms with van der Waals surface area (Å²) < 4.78 is 0. The zero-order valence-corrected chi connectivity index (χ0v) is 11.1. The second kappa shape index (κ2) is 5.87. The van der Waals surface area contributed by atoms with Gasteiger partial charge in [0.05, 0.1) is 0 Å². The first-order valence-corrected chi connectivity index (χ1v) is 6.54. The Balaban J connectivity index is 2.10. The number of nitrogens with zero attached hydrogens (tertiary/aromatic N) is 1. The Labute approximate surface area is 108 Å². The minimum absolute atomic E-state index is 0.0169. The Hall–Kier alpha value is -1.55. The average Bonchev–Trinajstić information content (AvgIpc) is 2.92. The fraction of sp³-hybridized carbons (Fsp3) is 0.500. The van der Waals surface area contributed by atoms with Crippen LogP contribution in [0.5, 0.6) is 0 Å². The van der Waals surface area contributed by atoms with E-state index < -0.39 is 0 Å². The first kappa shape index (κ1) is 12.9. The van der Waals surface area contributed by atoms with E-state index in [2.05, 4.69) is 17.6 Å². The Morgan fingerprint density at radius 3 is 2.61 bits per heavy atom. The Kier molecular flexibility index (Phi) is 4.20. The molecule has 1 fully saturated rings. The third-order valence-electron chi connectivity index (χ3n) is 3.50. The molecule has 0 radical (unpaired) electrons. The maximum absolute atomic E-state index is 12.1. The molecule has 1 aromatic carbocycles. The molecule has 0 aromatic heterocycles. The molecule has 1 unspecified atom stereocenters. The van der Waals surface area contributed by atoms with Crippen LogP contribution in [0.15, 0.2) is 24.3 Å². The average molecular weight is 247 g/mol. The van der Waals surface area contributed by atoms with Crippen molar-refractivity contribution in [2.24, 2.45) is 0 Å². The summed E-state index contributed by atoms with van der Waals surface area (Å²) in [6.45, 7) is 3.83. The molecular weight excluding hydrogens is 226 g/mol. The molecule has 0 saturated carbocycles. The van der Waals surface area contributed by atoms with E-state index in [-0.39, 0.29) is 12.1 Å². The lowest BCUT2D eigenvalue weighted by Gasteiger charge is -2.20. The summed E-state index contributed by atoms with van der Waals surface area (Å²) in [5.74, 6) is 0. The summed E-state index contributed by atoms with van der Waals surface area (Å²) in [6.07, 6.45) is 2.23. The number of amides is 2. The van der Waals surface area contributed by atoms with Gasteiger partial charge in [-0.2, -0.15) is 0 Å². The number of rotatable bonds is 3. The number of carbonyl (C=O) groups excluding carboxylic acids is 1. The lowest BCUT2D eigenvalue weighted by Crippen LogP contribution is -2.32. The first-order chi connectivity index (χ1) is 8.72. The van der Waals surface area contributed by atoms with Crippen molar-refractivity contribution in [3.05, 3.63) is 29.8 Å². The van der Waals surface area contributed by atoms with Crippen LogP contribution >= 0.6 is 0 Å². The van der Waals surface area contributed by atoms with Crippen molar-refractivity contribution in [1.29, 1.82) is 0 Å². The van der Waals surface area contributed by atoms with Crippen molar-refractivity contribution in [3.8, 4) is 0 Å². The van der Waals surface area contributed by atoms with Crippen LogP contribution < -0.4 is 10.6 Å². The molecule has 1 aromatic rings. The molecule has 18 heavy (non-hydrogen) atoms. The van der Waals surface area contributed by atoms with Crippen molar-refractivity contribution < 1.29 is 4.79 Å². The van der Waals surface area contributed by atoms with Gasteiger partial charge in [0.25, 0.3) is 0 Å². The molecule has 0 bridgehead atoms. The van der Waals surface area contributed by atoms with Gasteiger partial charge < -0.3 is 15.5 Å². The molecule has 1 aliphatic heterocycles. The van der Waals surface area contributed by atoms with Gasteiger partial charge in [-0.25, -0.2) is 4.79 Å². The lowest BCUT2D eigenvalue weighted by atomic mass is 10.1. The van der Waals surface area contributed by atoms with E-state index in [1.807, 2.05) is 36.2 Å². The van der Waals surface area contributed by atoms with E-state index >= 15 is 0 Å². The minimum atomic E-state index is 0.0169. The lowest BCUT2D eigenvalue weighted by molar-refractivity contribution is 0.222. The number of hydrogen-bond donors (Lipinski definition) is 2. The van der Waals surface area contributed by atoms with Gasteiger partial charge in [-0.05, 0) is 38.4 Å². The van der Waals surface area contributed by atoms with Crippen LogP contribution in [-0.2, 0) is 0 Å². The maximum Gasteiger partial charge on any atom is 0.321 e. The zero-order valence-electron chi connectivity index (χ0n) is 11.1. The molecule has 0 aliphatic carbocycles. The summed E-state index contributed by atoms with van der Waals surface area (Å²) in [5.41, 5.74) is 2.02. The van der Waals surface area contributed by atoms with Gasteiger partial charge in [0, 0.05) is 24.8 Å². The summed E-state index contributed by atoms with van der Waals surface area (Å²) >= 11 is 0. The molecule has 1 saturated heterocycles. The van der Waals surface area contributed by atoms with Gasteiger partial charge >= 0.3 is 6.03 Å². The van der Waals surface area contributed by atoms with Gasteiger partial charge in [0.2, 0.25) is 0 Å². The van der Waals surface area contributed by atoms with Crippen LogP contribution in [0.1, 0.15) is 31.4 Å². The van der Waals surface area contributed by atoms with Gasteiger partial charge in [-0.1, -0.05) is 18.2 Å². The topological polar surface area (TPSA) is 44.4 Å². The van der Waals surface area contributed by atoms with E-state index in [1.165, 1.54) is 0 Å². The molecule has 4 heteroatoms. The predicted octanol–water partition coefficient (Wildman–Crippen LogP) is 2.59. The van der Waals surface area contributed by atoms with Gasteiger partial charge in [-0.15, -0.1) is 0 Å². The van der Waals surface area contributed by atoms with Crippen LogP contribution in [0.2, 0.25) is 0 Å². The fourth-order valence-corrected chi connectivity index (χ4v) is 2.26. The molecule has 1 heterocycles. The van der Waals surface area contributed by atoms with Crippen LogP contribution in [0.4, 0.5) is 10.5 Å². The van der Waals surface area contributed by atoms with E-state index in [0.29, 0.717) is 0 Å². The number of hydrogen-bond acceptors (Lipinski definition) is 2. The molecule has 2 N–H and O–H groups in total. The maximum atomic E-state index is 12.1. The van der Waals surface area contributed by atoms with Crippen LogP contribution in [-0.4, -0.2) is 31.1 Å². The minimum Gasteiger partial charge on any atom is -0.325 e. The summed E-state index contributed by atoms with van der Waals surface area (Å²) in [7, 11) is 1.92. The van der Waals surface area contributed by atoms with Crippen molar-refractivity contribution >= 4 is 11.7 Å². The normalized spacial score (nSPS) is 16.7. The van der Waals surface area contributed by atoms with Crippen LogP contribution in [0, 0.1) is 0 Å². The molecule has 0 spiro atoms. The quantitative estimate of drug-likeness (QED) is 0.862. The molecular formula is C14H21N3O. The van der Waals surface area contributed by atoms with Crippen LogP contribution in [0.25, 0.3) is 0 Å². The third-order valence-corrected chi connectivity index (χ3v) is 3.50. The largest absolute Gasteiger partial charge is 0.325 e. The Morgan fingerprint density at radius 2 is 1.94 bits per heavy atom. The second-order valence-electron chi connectivity index (χ2n) is 4.72. The number of benzene rings is 1. The number of nitrogens with one attached hydrogen (secondary N) is 2. The van der Waals surface area contributed by atoms with E-state index in [4.69, 9.17) is 0 Å². The van der Waals surface area contributed by atoms with Crippen LogP contribution in [0.3, 0.4) is 0 Å². The molecule has 1 atom stereocenters. The Bertz CT molecular complexity index is 413. The number of urea groups is 1. The molecule has 98 valence electrons. The van der Waals surface area contributed by atoms with E-state index in [1.54, 1.807) is 0 Å². The molecule has 4 nitrogen and oxygen atoms in total. The Morgan fingerprint density at radius 1 is 1.28 bits per heavy atom. The summed E-state index contributed by atoms with van der Waals surface area (Å²) in [6, 6.07) is 8.18. The smallest absolute Gasteiger partial charge is 0.321 e. The number of para-hydroxylation sites is 1. The second-order valence-corrected chi connectivity index (χ2v) is 4.72. The van der Waals surface area contributed by atoms with Crippen molar-refractivity contribution in [2.45, 2.75) is 25.8 Å². The monoisotopic (exact) mass is 247 g/mol. The highest BCUT2D eigenvalue weighted by Gasteiger charge is 2.19. The number of anilines is 1. The SMILES string of the molecule is CNC(C)c1ccccc1NC(=O)N1CCCC1. The molecule has 1 aliphatic rings. The van der Waals surface area contributed by atoms with Crippen molar-refractivity contribution in [1.82, 2.24) is 10.2 Å². The summed E-state index contributed by atoms with van der Waals surface area (Å²) in [4.78, 5) is 13.9. The van der Waals surface area contributed by atoms with Crippen molar-refractivity contribution in [2.75, 3.05) is 25.5 Å². The standard InChI is InChI=1S/C14H21N3O/c1-11(15-2)12-7-3-4-8-13(12)16-14(18)17-9-5-6-10-17/h3-4,7-8,11,15H,5-6,9-10H2,1-2H3,(H,16,18). The highest BCUT2D eigenvalue weighted by molar-refractivity contribution is 5.90. The summed E-state index contributed by atoms with van der Waals surface area (Å²) in [5, 5.41) is 6.21. The van der Waals surface area contributed by atoms with E-state index in [9.17, 15) is 4.79 Å². The zero-order chi connectivity index (χ0) is 13.0. The number of carbonyl (C=O) groups is 1. The third kappa shape index (κ3) is 2.82. The van der Waals surface area contributed by atoms with Crippen molar-refractivity contribution in [3.63, 3.8) is 0 Å². The highest BCUT2D eigenvalue weighted by Crippen LogP contribution is 2.23.